The van der Waals surface area contributed by atoms with E-state index < -0.39 is 5.60 Å². The van der Waals surface area contributed by atoms with Crippen LogP contribution in [0.2, 0.25) is 0 Å². The zero-order valence-electron chi connectivity index (χ0n) is 17.9. The van der Waals surface area contributed by atoms with Gasteiger partial charge in [-0.3, -0.25) is 4.79 Å². The fourth-order valence-corrected chi connectivity index (χ4v) is 5.81. The van der Waals surface area contributed by atoms with Crippen LogP contribution in [0.15, 0.2) is 23.8 Å². The molecule has 3 nitrogen and oxygen atoms in total. The van der Waals surface area contributed by atoms with Crippen LogP contribution in [-0.4, -0.2) is 23.8 Å². The van der Waals surface area contributed by atoms with Crippen molar-refractivity contribution in [3.05, 3.63) is 23.8 Å². The normalized spacial score (nSPS) is 41.2. The predicted molar refractivity (Wildman–Crippen MR) is 109 cm³/mol. The van der Waals surface area contributed by atoms with Crippen LogP contribution in [0.3, 0.4) is 0 Å². The van der Waals surface area contributed by atoms with Gasteiger partial charge >= 0.3 is 5.97 Å². The lowest BCUT2D eigenvalue weighted by molar-refractivity contribution is -0.181. The summed E-state index contributed by atoms with van der Waals surface area (Å²) >= 11 is 0. The minimum absolute atomic E-state index is 0.0305. The molecule has 0 aromatic heterocycles. The Hall–Kier alpha value is -1.09. The molecule has 0 N–H and O–H groups in total. The standard InChI is InChI=1S/C24H38O3/c1-7-9-20(25)27-24(6)13-8-10-16(4)14-19-21-17(5)11-12-18(15(2)3)22(21)23(24)26-19/h10,15,18-19,21-23H,5,7-9,11-14H2,1-4,6H3/b16-10+/t18-,19+,21-,22-,23+,24-/m1/s1. The van der Waals surface area contributed by atoms with Gasteiger partial charge in [-0.15, -0.1) is 0 Å². The average Bonchev–Trinajstić information content (AvgIpc) is 2.97. The van der Waals surface area contributed by atoms with E-state index in [1.165, 1.54) is 17.6 Å². The van der Waals surface area contributed by atoms with Gasteiger partial charge in [0.15, 0.2) is 0 Å². The first kappa shape index (κ1) is 20.6. The Kier molecular flexibility index (Phi) is 6.20. The molecule has 2 heterocycles. The van der Waals surface area contributed by atoms with Crippen molar-refractivity contribution in [2.75, 3.05) is 0 Å². The average molecular weight is 375 g/mol. The second kappa shape index (κ2) is 8.11. The van der Waals surface area contributed by atoms with E-state index in [9.17, 15) is 4.79 Å². The number of carbonyl (C=O) groups excluding carboxylic acids is 1. The molecule has 6 atom stereocenters. The van der Waals surface area contributed by atoms with Gasteiger partial charge in [0.25, 0.3) is 0 Å². The van der Waals surface area contributed by atoms with Gasteiger partial charge in [0.05, 0.1) is 6.10 Å². The Morgan fingerprint density at radius 3 is 2.85 bits per heavy atom. The van der Waals surface area contributed by atoms with E-state index >= 15 is 0 Å². The van der Waals surface area contributed by atoms with Crippen molar-refractivity contribution >= 4 is 5.97 Å². The van der Waals surface area contributed by atoms with Gasteiger partial charge in [-0.25, -0.2) is 0 Å². The maximum Gasteiger partial charge on any atom is 0.306 e. The van der Waals surface area contributed by atoms with E-state index in [1.54, 1.807) is 0 Å². The number of rotatable bonds is 4. The Morgan fingerprint density at radius 1 is 1.44 bits per heavy atom. The lowest BCUT2D eigenvalue weighted by Crippen LogP contribution is -2.50. The van der Waals surface area contributed by atoms with Crippen molar-refractivity contribution in [1.82, 2.24) is 0 Å². The summed E-state index contributed by atoms with van der Waals surface area (Å²) in [5.74, 6) is 1.91. The summed E-state index contributed by atoms with van der Waals surface area (Å²) in [6, 6.07) is 0. The fourth-order valence-electron chi connectivity index (χ4n) is 5.81. The van der Waals surface area contributed by atoms with E-state index in [4.69, 9.17) is 9.47 Å². The number of ether oxygens (including phenoxy) is 2. The maximum absolute atomic E-state index is 12.5. The number of esters is 1. The molecule has 152 valence electrons. The van der Waals surface area contributed by atoms with E-state index in [0.29, 0.717) is 30.1 Å². The van der Waals surface area contributed by atoms with E-state index in [-0.39, 0.29) is 18.2 Å². The molecular weight excluding hydrogens is 336 g/mol. The quantitative estimate of drug-likeness (QED) is 0.458. The Bertz CT molecular complexity index is 605. The van der Waals surface area contributed by atoms with Crippen molar-refractivity contribution < 1.29 is 14.3 Å². The third kappa shape index (κ3) is 4.04. The monoisotopic (exact) mass is 374 g/mol. The van der Waals surface area contributed by atoms with Crippen LogP contribution in [0.4, 0.5) is 0 Å². The van der Waals surface area contributed by atoms with Crippen LogP contribution in [0.25, 0.3) is 0 Å². The summed E-state index contributed by atoms with van der Waals surface area (Å²) in [5, 5.41) is 0. The van der Waals surface area contributed by atoms with Crippen LogP contribution < -0.4 is 0 Å². The number of allylic oxidation sites excluding steroid dienone is 1. The van der Waals surface area contributed by atoms with Crippen LogP contribution in [0.5, 0.6) is 0 Å². The maximum atomic E-state index is 12.5. The van der Waals surface area contributed by atoms with E-state index in [1.807, 2.05) is 6.92 Å². The number of hydrogen-bond acceptors (Lipinski definition) is 3. The highest BCUT2D eigenvalue weighted by Gasteiger charge is 2.58. The molecule has 0 aromatic carbocycles. The topological polar surface area (TPSA) is 35.5 Å². The van der Waals surface area contributed by atoms with Crippen molar-refractivity contribution in [3.63, 3.8) is 0 Å². The molecule has 0 spiro atoms. The first-order chi connectivity index (χ1) is 12.8. The first-order valence-corrected chi connectivity index (χ1v) is 11.0. The summed E-state index contributed by atoms with van der Waals surface area (Å²) in [6.45, 7) is 15.5. The molecule has 3 aliphatic rings. The highest BCUT2D eigenvalue weighted by atomic mass is 16.6. The summed E-state index contributed by atoms with van der Waals surface area (Å²) in [7, 11) is 0. The van der Waals surface area contributed by atoms with Crippen LogP contribution in [-0.2, 0) is 14.3 Å². The van der Waals surface area contributed by atoms with Crippen molar-refractivity contribution in [2.24, 2.45) is 23.7 Å². The SMILES string of the molecule is C=C1CC[C@H](C(C)C)[C@@H]2[C@H]1[C@@H]1C/C(C)=C/CC[C@@](C)(OC(=O)CCC)[C@H]2O1. The Labute approximate surface area is 165 Å². The van der Waals surface area contributed by atoms with Crippen molar-refractivity contribution in [2.45, 2.75) is 97.4 Å². The molecule has 1 saturated heterocycles. The molecule has 0 unspecified atom stereocenters. The molecule has 27 heavy (non-hydrogen) atoms. The van der Waals surface area contributed by atoms with Gasteiger partial charge in [-0.2, -0.15) is 0 Å². The molecule has 3 heteroatoms. The zero-order valence-corrected chi connectivity index (χ0v) is 17.9. The zero-order chi connectivity index (χ0) is 19.8. The summed E-state index contributed by atoms with van der Waals surface area (Å²) < 4.78 is 12.9. The second-order valence-electron chi connectivity index (χ2n) is 9.63. The van der Waals surface area contributed by atoms with E-state index in [0.717, 1.165) is 32.1 Å². The van der Waals surface area contributed by atoms with Crippen LogP contribution >= 0.6 is 0 Å². The molecular formula is C24H38O3. The molecule has 0 radical (unpaired) electrons. The smallest absolute Gasteiger partial charge is 0.306 e. The lowest BCUT2D eigenvalue weighted by Gasteiger charge is -2.45. The van der Waals surface area contributed by atoms with Gasteiger partial charge in [0.1, 0.15) is 11.7 Å². The number of fused-ring (bicyclic) bond motifs is 5. The molecule has 0 aromatic rings. The van der Waals surface area contributed by atoms with Gasteiger partial charge in [0, 0.05) is 18.3 Å². The fraction of sp³-hybridized carbons (Fsp3) is 0.792. The van der Waals surface area contributed by atoms with E-state index in [2.05, 4.69) is 40.3 Å². The molecule has 2 aliphatic heterocycles. The van der Waals surface area contributed by atoms with Gasteiger partial charge in [0.2, 0.25) is 0 Å². The molecule has 1 saturated carbocycles. The summed E-state index contributed by atoms with van der Waals surface area (Å²) in [4.78, 5) is 12.5. The summed E-state index contributed by atoms with van der Waals surface area (Å²) in [6.07, 6.45) is 8.79. The Balaban J connectivity index is 2.00. The third-order valence-corrected chi connectivity index (χ3v) is 7.17. The second-order valence-corrected chi connectivity index (χ2v) is 9.63. The highest BCUT2D eigenvalue weighted by molar-refractivity contribution is 5.69. The molecule has 1 aliphatic carbocycles. The molecule has 0 amide bonds. The molecule has 2 bridgehead atoms. The van der Waals surface area contributed by atoms with Crippen LogP contribution in [0, 0.1) is 23.7 Å². The Morgan fingerprint density at radius 2 is 2.19 bits per heavy atom. The third-order valence-electron chi connectivity index (χ3n) is 7.17. The van der Waals surface area contributed by atoms with Crippen molar-refractivity contribution in [1.29, 1.82) is 0 Å². The number of hydrogen-bond donors (Lipinski definition) is 0. The van der Waals surface area contributed by atoms with Gasteiger partial charge < -0.3 is 9.47 Å². The molecule has 2 fully saturated rings. The van der Waals surface area contributed by atoms with Gasteiger partial charge in [-0.05, 0) is 64.2 Å². The number of carbonyl (C=O) groups is 1. The highest BCUT2D eigenvalue weighted by Crippen LogP contribution is 2.55. The lowest BCUT2D eigenvalue weighted by atomic mass is 9.61. The first-order valence-electron chi connectivity index (χ1n) is 11.0. The van der Waals surface area contributed by atoms with Gasteiger partial charge in [-0.1, -0.05) is 44.6 Å². The van der Waals surface area contributed by atoms with Crippen molar-refractivity contribution in [3.8, 4) is 0 Å². The predicted octanol–water partition coefficient (Wildman–Crippen LogP) is 5.84. The largest absolute Gasteiger partial charge is 0.457 e. The minimum atomic E-state index is -0.560. The van der Waals surface area contributed by atoms with Crippen LogP contribution in [0.1, 0.15) is 79.6 Å². The molecule has 3 rings (SSSR count). The summed E-state index contributed by atoms with van der Waals surface area (Å²) in [5.41, 5.74) is 2.18. The minimum Gasteiger partial charge on any atom is -0.457 e.